The van der Waals surface area contributed by atoms with Gasteiger partial charge in [0.2, 0.25) is 0 Å². The summed E-state index contributed by atoms with van der Waals surface area (Å²) in [4.78, 5) is 2.33. The molecule has 0 radical (unpaired) electrons. The molecule has 7 rings (SSSR count). The number of hydrogen-bond acceptors (Lipinski definition) is 2. The summed E-state index contributed by atoms with van der Waals surface area (Å²) in [6, 6.07) is 38.7. The molecule has 3 heteroatoms. The second-order valence-electron chi connectivity index (χ2n) is 9.97. The van der Waals surface area contributed by atoms with Crippen molar-refractivity contribution >= 4 is 54.9 Å². The van der Waals surface area contributed by atoms with Gasteiger partial charge in [-0.15, -0.1) is 0 Å². The first-order valence-corrected chi connectivity index (χ1v) is 13.0. The summed E-state index contributed by atoms with van der Waals surface area (Å²) in [5.74, 6) is 0. The number of nitrogens with zero attached hydrogens (tertiary/aromatic N) is 1. The zero-order valence-corrected chi connectivity index (χ0v) is 21.7. The Morgan fingerprint density at radius 1 is 0.611 bits per heavy atom. The SMILES string of the molecule is CC1(C)c2ccccc2-c2cc(N(c3ccccc3)c3ccc4oc5ccccc5c4c3)cc(Br)c21. The minimum atomic E-state index is -0.0600. The number of halogens is 1. The minimum absolute atomic E-state index is 0.0600. The van der Waals surface area contributed by atoms with E-state index in [0.717, 1.165) is 43.5 Å². The van der Waals surface area contributed by atoms with E-state index in [1.54, 1.807) is 0 Å². The van der Waals surface area contributed by atoms with Crippen molar-refractivity contribution in [1.82, 2.24) is 0 Å². The van der Waals surface area contributed by atoms with Gasteiger partial charge in [-0.05, 0) is 70.8 Å². The minimum Gasteiger partial charge on any atom is -0.456 e. The lowest BCUT2D eigenvalue weighted by Crippen LogP contribution is -2.16. The number of fused-ring (bicyclic) bond motifs is 6. The fourth-order valence-corrected chi connectivity index (χ4v) is 6.79. The van der Waals surface area contributed by atoms with E-state index in [0.29, 0.717) is 0 Å². The molecular weight excluding hydrogens is 506 g/mol. The predicted octanol–water partition coefficient (Wildman–Crippen LogP) is 10.1. The van der Waals surface area contributed by atoms with Crippen LogP contribution < -0.4 is 4.90 Å². The smallest absolute Gasteiger partial charge is 0.135 e. The summed E-state index contributed by atoms with van der Waals surface area (Å²) < 4.78 is 7.25. The Morgan fingerprint density at radius 3 is 2.19 bits per heavy atom. The zero-order valence-electron chi connectivity index (χ0n) is 20.1. The van der Waals surface area contributed by atoms with E-state index in [4.69, 9.17) is 4.42 Å². The molecule has 0 spiro atoms. The quantitative estimate of drug-likeness (QED) is 0.226. The van der Waals surface area contributed by atoms with Crippen LogP contribution in [0.15, 0.2) is 118 Å². The number of rotatable bonds is 3. The van der Waals surface area contributed by atoms with Gasteiger partial charge in [-0.3, -0.25) is 0 Å². The molecule has 0 fully saturated rings. The number of furan rings is 1. The second kappa shape index (κ2) is 7.84. The average molecular weight is 530 g/mol. The van der Waals surface area contributed by atoms with Gasteiger partial charge in [0.05, 0.1) is 0 Å². The third kappa shape index (κ3) is 3.09. The van der Waals surface area contributed by atoms with Crippen molar-refractivity contribution in [2.45, 2.75) is 19.3 Å². The maximum absolute atomic E-state index is 6.11. The number of hydrogen-bond donors (Lipinski definition) is 0. The maximum Gasteiger partial charge on any atom is 0.135 e. The van der Waals surface area contributed by atoms with Gasteiger partial charge < -0.3 is 9.32 Å². The van der Waals surface area contributed by atoms with Crippen LogP contribution in [0.4, 0.5) is 17.1 Å². The number of anilines is 3. The highest BCUT2D eigenvalue weighted by Crippen LogP contribution is 2.53. The van der Waals surface area contributed by atoms with Gasteiger partial charge in [-0.25, -0.2) is 0 Å². The molecule has 6 aromatic rings. The van der Waals surface area contributed by atoms with Crippen LogP contribution >= 0.6 is 15.9 Å². The van der Waals surface area contributed by atoms with Gasteiger partial charge in [-0.1, -0.05) is 90.4 Å². The van der Waals surface area contributed by atoms with Crippen LogP contribution in [0.2, 0.25) is 0 Å². The lowest BCUT2D eigenvalue weighted by molar-refractivity contribution is 0.657. The standard InChI is InChI=1S/C33H24BrNO/c1-33(2)28-14-8-6-12-24(28)27-19-23(20-29(34)32(27)33)35(21-10-4-3-5-11-21)22-16-17-31-26(18-22)25-13-7-9-15-30(25)36-31/h3-20H,1-2H3. The van der Waals surface area contributed by atoms with E-state index in [-0.39, 0.29) is 5.41 Å². The Labute approximate surface area is 218 Å². The van der Waals surface area contributed by atoms with Crippen molar-refractivity contribution in [1.29, 1.82) is 0 Å². The first kappa shape index (κ1) is 21.5. The van der Waals surface area contributed by atoms with E-state index in [1.165, 1.54) is 22.3 Å². The van der Waals surface area contributed by atoms with Gasteiger partial charge in [0.1, 0.15) is 11.2 Å². The first-order valence-electron chi connectivity index (χ1n) is 12.2. The molecule has 0 atom stereocenters. The highest BCUT2D eigenvalue weighted by molar-refractivity contribution is 9.10. The van der Waals surface area contributed by atoms with Crippen molar-refractivity contribution in [3.05, 3.63) is 125 Å². The fourth-order valence-electron chi connectivity index (χ4n) is 5.84. The van der Waals surface area contributed by atoms with Gasteiger partial charge in [-0.2, -0.15) is 0 Å². The predicted molar refractivity (Wildman–Crippen MR) is 154 cm³/mol. The van der Waals surface area contributed by atoms with Crippen molar-refractivity contribution in [3.8, 4) is 11.1 Å². The fraction of sp³-hybridized carbons (Fsp3) is 0.0909. The van der Waals surface area contributed by atoms with Gasteiger partial charge >= 0.3 is 0 Å². The van der Waals surface area contributed by atoms with E-state index in [1.807, 2.05) is 12.1 Å². The summed E-state index contributed by atoms with van der Waals surface area (Å²) in [7, 11) is 0. The monoisotopic (exact) mass is 529 g/mol. The summed E-state index contributed by atoms with van der Waals surface area (Å²) in [6.07, 6.45) is 0. The molecule has 5 aromatic carbocycles. The molecule has 1 aromatic heterocycles. The Bertz CT molecular complexity index is 1780. The van der Waals surface area contributed by atoms with E-state index >= 15 is 0 Å². The van der Waals surface area contributed by atoms with Crippen LogP contribution in [0.5, 0.6) is 0 Å². The van der Waals surface area contributed by atoms with Crippen LogP contribution in [0.25, 0.3) is 33.1 Å². The molecule has 0 unspecified atom stereocenters. The van der Waals surface area contributed by atoms with Crippen LogP contribution in [-0.4, -0.2) is 0 Å². The Kier molecular flexibility index (Phi) is 4.67. The Morgan fingerprint density at radius 2 is 1.33 bits per heavy atom. The highest BCUT2D eigenvalue weighted by Gasteiger charge is 2.37. The van der Waals surface area contributed by atoms with Crippen LogP contribution in [0, 0.1) is 0 Å². The van der Waals surface area contributed by atoms with Crippen LogP contribution in [0.1, 0.15) is 25.0 Å². The van der Waals surface area contributed by atoms with Crippen LogP contribution in [-0.2, 0) is 5.41 Å². The van der Waals surface area contributed by atoms with Crippen molar-refractivity contribution in [2.75, 3.05) is 4.90 Å². The lowest BCUT2D eigenvalue weighted by Gasteiger charge is -2.28. The lowest BCUT2D eigenvalue weighted by atomic mass is 9.82. The molecule has 1 aliphatic carbocycles. The molecule has 1 aliphatic rings. The summed E-state index contributed by atoms with van der Waals surface area (Å²) >= 11 is 3.97. The van der Waals surface area contributed by atoms with Gasteiger partial charge in [0.25, 0.3) is 0 Å². The van der Waals surface area contributed by atoms with E-state index in [2.05, 4.69) is 132 Å². The molecule has 2 nitrogen and oxygen atoms in total. The summed E-state index contributed by atoms with van der Waals surface area (Å²) in [5, 5.41) is 2.25. The molecule has 0 saturated heterocycles. The molecule has 0 aliphatic heterocycles. The second-order valence-corrected chi connectivity index (χ2v) is 10.8. The molecule has 0 bridgehead atoms. The number of para-hydroxylation sites is 2. The Balaban J connectivity index is 1.48. The van der Waals surface area contributed by atoms with E-state index < -0.39 is 0 Å². The topological polar surface area (TPSA) is 16.4 Å². The van der Waals surface area contributed by atoms with E-state index in [9.17, 15) is 0 Å². The molecule has 0 saturated carbocycles. The van der Waals surface area contributed by atoms with Crippen molar-refractivity contribution < 1.29 is 4.42 Å². The van der Waals surface area contributed by atoms with Crippen molar-refractivity contribution in [2.24, 2.45) is 0 Å². The summed E-state index contributed by atoms with van der Waals surface area (Å²) in [6.45, 7) is 4.63. The molecule has 36 heavy (non-hydrogen) atoms. The van der Waals surface area contributed by atoms with Gasteiger partial charge in [0.15, 0.2) is 0 Å². The highest BCUT2D eigenvalue weighted by atomic mass is 79.9. The van der Waals surface area contributed by atoms with Crippen molar-refractivity contribution in [3.63, 3.8) is 0 Å². The summed E-state index contributed by atoms with van der Waals surface area (Å²) in [5.41, 5.74) is 10.4. The van der Waals surface area contributed by atoms with Crippen LogP contribution in [0.3, 0.4) is 0 Å². The number of benzene rings is 5. The Hall–Kier alpha value is -3.82. The first-order chi connectivity index (χ1) is 17.5. The zero-order chi connectivity index (χ0) is 24.4. The normalized spacial score (nSPS) is 13.6. The average Bonchev–Trinajstić information content (AvgIpc) is 3.38. The molecule has 0 N–H and O–H groups in total. The maximum atomic E-state index is 6.11. The molecule has 174 valence electrons. The third-order valence-electron chi connectivity index (χ3n) is 7.48. The molecule has 0 amide bonds. The van der Waals surface area contributed by atoms with Gasteiger partial charge in [0, 0.05) is 37.7 Å². The molecule has 1 heterocycles. The third-order valence-corrected chi connectivity index (χ3v) is 8.11. The largest absolute Gasteiger partial charge is 0.456 e. The molecular formula is C33H24BrNO.